The van der Waals surface area contributed by atoms with E-state index in [4.69, 9.17) is 9.47 Å². The van der Waals surface area contributed by atoms with Crippen LogP contribution in [0.3, 0.4) is 0 Å². The number of ether oxygens (including phenoxy) is 2. The molecule has 0 aliphatic heterocycles. The zero-order chi connectivity index (χ0) is 19.3. The molecule has 1 unspecified atom stereocenters. The molecule has 28 heavy (non-hydrogen) atoms. The Kier molecular flexibility index (Phi) is 5.65. The molecular weight excluding hydrogens is 348 g/mol. The van der Waals surface area contributed by atoms with E-state index in [1.54, 1.807) is 7.11 Å². The molecule has 0 saturated heterocycles. The van der Waals surface area contributed by atoms with E-state index in [2.05, 4.69) is 52.4 Å². The van der Waals surface area contributed by atoms with Crippen molar-refractivity contribution in [2.75, 3.05) is 7.11 Å². The number of imidazole rings is 1. The molecule has 4 heteroatoms. The van der Waals surface area contributed by atoms with E-state index < -0.39 is 0 Å². The van der Waals surface area contributed by atoms with Gasteiger partial charge in [-0.15, -0.1) is 0 Å². The Morgan fingerprint density at radius 3 is 2.50 bits per heavy atom. The Labute approximate surface area is 166 Å². The Morgan fingerprint density at radius 2 is 1.82 bits per heavy atom. The number of hydrogen-bond donors (Lipinski definition) is 1. The fourth-order valence-electron chi connectivity index (χ4n) is 4.10. The average Bonchev–Trinajstić information content (AvgIpc) is 3.38. The molecule has 146 valence electrons. The number of benzene rings is 2. The second kappa shape index (κ2) is 8.51. The first-order valence-corrected chi connectivity index (χ1v) is 10.1. The van der Waals surface area contributed by atoms with Crippen molar-refractivity contribution in [3.05, 3.63) is 77.4 Å². The lowest BCUT2D eigenvalue weighted by molar-refractivity contribution is 0.200. The average molecular weight is 377 g/mol. The van der Waals surface area contributed by atoms with Crippen LogP contribution in [0.4, 0.5) is 0 Å². The lowest BCUT2D eigenvalue weighted by Gasteiger charge is -2.21. The molecule has 4 nitrogen and oxygen atoms in total. The van der Waals surface area contributed by atoms with Crippen LogP contribution in [0.5, 0.6) is 11.5 Å². The Bertz CT molecular complexity index is 898. The van der Waals surface area contributed by atoms with Crippen LogP contribution in [0.1, 0.15) is 54.2 Å². The lowest BCUT2D eigenvalue weighted by Crippen LogP contribution is -2.12. The number of methoxy groups -OCH3 is 1. The molecule has 2 aromatic carbocycles. The van der Waals surface area contributed by atoms with Crippen LogP contribution in [0.15, 0.2) is 54.7 Å². The van der Waals surface area contributed by atoms with Crippen LogP contribution in [0.2, 0.25) is 0 Å². The van der Waals surface area contributed by atoms with Crippen molar-refractivity contribution in [3.8, 4) is 11.5 Å². The number of H-pyrrole nitrogens is 1. The summed E-state index contributed by atoms with van der Waals surface area (Å²) in [5.41, 5.74) is 3.65. The molecule has 0 bridgehead atoms. The summed E-state index contributed by atoms with van der Waals surface area (Å²) in [6.07, 6.45) is 7.85. The zero-order valence-electron chi connectivity index (χ0n) is 16.7. The van der Waals surface area contributed by atoms with Crippen molar-refractivity contribution in [3.63, 3.8) is 0 Å². The molecule has 4 rings (SSSR count). The van der Waals surface area contributed by atoms with Crippen molar-refractivity contribution >= 4 is 0 Å². The van der Waals surface area contributed by atoms with Gasteiger partial charge >= 0.3 is 0 Å². The fraction of sp³-hybridized carbons (Fsp3) is 0.375. The summed E-state index contributed by atoms with van der Waals surface area (Å²) in [6, 6.07) is 17.0. The van der Waals surface area contributed by atoms with E-state index in [9.17, 15) is 0 Å². The molecule has 1 aromatic heterocycles. The topological polar surface area (TPSA) is 47.1 Å². The van der Waals surface area contributed by atoms with Gasteiger partial charge < -0.3 is 14.5 Å². The molecule has 1 heterocycles. The normalized spacial score (nSPS) is 15.5. The number of nitrogens with one attached hydrogen (secondary N) is 1. The van der Waals surface area contributed by atoms with Crippen LogP contribution in [0, 0.1) is 6.92 Å². The quantitative estimate of drug-likeness (QED) is 0.599. The molecule has 1 aliphatic carbocycles. The SMILES string of the molecule is COc1ccc(C(Cc2cnc(C)[nH]2)c2ccccc2)cc1OC1CCCC1. The van der Waals surface area contributed by atoms with E-state index in [1.807, 2.05) is 19.2 Å². The van der Waals surface area contributed by atoms with Gasteiger partial charge in [0, 0.05) is 17.8 Å². The van der Waals surface area contributed by atoms with Gasteiger partial charge in [-0.1, -0.05) is 36.4 Å². The highest BCUT2D eigenvalue weighted by Crippen LogP contribution is 2.37. The van der Waals surface area contributed by atoms with Gasteiger partial charge in [0.1, 0.15) is 5.82 Å². The summed E-state index contributed by atoms with van der Waals surface area (Å²) in [5, 5.41) is 0. The molecule has 0 radical (unpaired) electrons. The Morgan fingerprint density at radius 1 is 1.04 bits per heavy atom. The zero-order valence-corrected chi connectivity index (χ0v) is 16.7. The molecule has 1 atom stereocenters. The first kappa shape index (κ1) is 18.6. The predicted molar refractivity (Wildman–Crippen MR) is 111 cm³/mol. The second-order valence-corrected chi connectivity index (χ2v) is 7.60. The van der Waals surface area contributed by atoms with Crippen LogP contribution >= 0.6 is 0 Å². The molecule has 0 spiro atoms. The van der Waals surface area contributed by atoms with E-state index in [1.165, 1.54) is 24.0 Å². The predicted octanol–water partition coefficient (Wildman–Crippen LogP) is 5.42. The number of aromatic amines is 1. The van der Waals surface area contributed by atoms with Crippen molar-refractivity contribution in [1.82, 2.24) is 9.97 Å². The third-order valence-electron chi connectivity index (χ3n) is 5.57. The summed E-state index contributed by atoms with van der Waals surface area (Å²) < 4.78 is 11.9. The number of rotatable bonds is 7. The first-order valence-electron chi connectivity index (χ1n) is 10.1. The maximum absolute atomic E-state index is 6.33. The minimum atomic E-state index is 0.220. The van der Waals surface area contributed by atoms with Crippen molar-refractivity contribution < 1.29 is 9.47 Å². The van der Waals surface area contributed by atoms with Crippen LogP contribution < -0.4 is 9.47 Å². The highest BCUT2D eigenvalue weighted by Gasteiger charge is 2.21. The van der Waals surface area contributed by atoms with Crippen LogP contribution in [-0.2, 0) is 6.42 Å². The van der Waals surface area contributed by atoms with Gasteiger partial charge in [0.05, 0.1) is 13.2 Å². The summed E-state index contributed by atoms with van der Waals surface area (Å²) >= 11 is 0. The highest BCUT2D eigenvalue weighted by molar-refractivity contribution is 5.46. The molecule has 3 aromatic rings. The molecule has 1 N–H and O–H groups in total. The van der Waals surface area contributed by atoms with Gasteiger partial charge in [0.2, 0.25) is 0 Å². The first-order chi connectivity index (χ1) is 13.7. The Balaban J connectivity index is 1.68. The Hall–Kier alpha value is -2.75. The molecule has 0 amide bonds. The number of aryl methyl sites for hydroxylation is 1. The summed E-state index contributed by atoms with van der Waals surface area (Å²) in [7, 11) is 1.71. The van der Waals surface area contributed by atoms with Gasteiger partial charge in [-0.05, 0) is 62.3 Å². The van der Waals surface area contributed by atoms with E-state index in [0.717, 1.165) is 42.3 Å². The third-order valence-corrected chi connectivity index (χ3v) is 5.57. The van der Waals surface area contributed by atoms with Crippen molar-refractivity contribution in [1.29, 1.82) is 0 Å². The van der Waals surface area contributed by atoms with Gasteiger partial charge in [0.15, 0.2) is 11.5 Å². The van der Waals surface area contributed by atoms with Gasteiger partial charge in [-0.3, -0.25) is 0 Å². The molecule has 1 saturated carbocycles. The number of aromatic nitrogens is 2. The van der Waals surface area contributed by atoms with Gasteiger partial charge in [-0.2, -0.15) is 0 Å². The van der Waals surface area contributed by atoms with Crippen LogP contribution in [0.25, 0.3) is 0 Å². The van der Waals surface area contributed by atoms with Crippen molar-refractivity contribution in [2.24, 2.45) is 0 Å². The van der Waals surface area contributed by atoms with Crippen LogP contribution in [-0.4, -0.2) is 23.2 Å². The van der Waals surface area contributed by atoms with E-state index in [0.29, 0.717) is 6.10 Å². The third kappa shape index (κ3) is 4.22. The monoisotopic (exact) mass is 376 g/mol. The number of nitrogens with zero attached hydrogens (tertiary/aromatic N) is 1. The second-order valence-electron chi connectivity index (χ2n) is 7.60. The summed E-state index contributed by atoms with van der Waals surface area (Å²) in [6.45, 7) is 1.99. The minimum Gasteiger partial charge on any atom is -0.493 e. The molecule has 1 aliphatic rings. The molecular formula is C24H28N2O2. The molecule has 1 fully saturated rings. The van der Waals surface area contributed by atoms with Gasteiger partial charge in [-0.25, -0.2) is 4.98 Å². The standard InChI is InChI=1S/C24H28N2O2/c1-17-25-16-20(26-17)15-22(18-8-4-3-5-9-18)19-12-13-23(27-2)24(14-19)28-21-10-6-7-11-21/h3-5,8-9,12-14,16,21-22H,6-7,10-11,15H2,1-2H3,(H,25,26). The minimum absolute atomic E-state index is 0.220. The lowest BCUT2D eigenvalue weighted by atomic mass is 9.87. The smallest absolute Gasteiger partial charge is 0.161 e. The summed E-state index contributed by atoms with van der Waals surface area (Å²) in [4.78, 5) is 7.75. The summed E-state index contributed by atoms with van der Waals surface area (Å²) in [5.74, 6) is 2.83. The van der Waals surface area contributed by atoms with Crippen molar-refractivity contribution in [2.45, 2.75) is 51.0 Å². The highest BCUT2D eigenvalue weighted by atomic mass is 16.5. The maximum Gasteiger partial charge on any atom is 0.161 e. The number of hydrogen-bond acceptors (Lipinski definition) is 3. The van der Waals surface area contributed by atoms with E-state index >= 15 is 0 Å². The van der Waals surface area contributed by atoms with Gasteiger partial charge in [0.25, 0.3) is 0 Å². The largest absolute Gasteiger partial charge is 0.493 e. The van der Waals surface area contributed by atoms with E-state index in [-0.39, 0.29) is 5.92 Å². The maximum atomic E-state index is 6.33. The fourth-order valence-corrected chi connectivity index (χ4v) is 4.10.